The van der Waals surface area contributed by atoms with Crippen LogP contribution in [-0.2, 0) is 17.4 Å². The van der Waals surface area contributed by atoms with E-state index in [0.29, 0.717) is 23.7 Å². The number of carbonyl (C=O) groups excluding carboxylic acids is 2. The minimum Gasteiger partial charge on any atom is -0.493 e. The van der Waals surface area contributed by atoms with Gasteiger partial charge in [0.2, 0.25) is 5.91 Å². The average Bonchev–Trinajstić information content (AvgIpc) is 3.33. The molecule has 1 saturated heterocycles. The van der Waals surface area contributed by atoms with Gasteiger partial charge in [-0.15, -0.1) is 0 Å². The lowest BCUT2D eigenvalue weighted by Crippen LogP contribution is -2.36. The van der Waals surface area contributed by atoms with Gasteiger partial charge in [-0.1, -0.05) is 12.1 Å². The first-order chi connectivity index (χ1) is 19.9. The van der Waals surface area contributed by atoms with Crippen LogP contribution in [0.15, 0.2) is 53.5 Å². The van der Waals surface area contributed by atoms with E-state index in [2.05, 4.69) is 27.4 Å². The van der Waals surface area contributed by atoms with Crippen LogP contribution in [0, 0.1) is 5.82 Å². The number of nitrogens with zero attached hydrogens (tertiary/aromatic N) is 1. The number of benzene rings is 2. The molecule has 1 aliphatic rings. The number of amides is 2. The molecule has 0 spiro atoms. The zero-order valence-electron chi connectivity index (χ0n) is 23.2. The highest BCUT2D eigenvalue weighted by Gasteiger charge is 2.32. The zero-order valence-corrected chi connectivity index (χ0v) is 23.2. The number of hydrogen-bond donors (Lipinski definition) is 3. The van der Waals surface area contributed by atoms with Crippen molar-refractivity contribution in [1.82, 2.24) is 15.2 Å². The van der Waals surface area contributed by atoms with Crippen LogP contribution in [0.4, 0.5) is 23.2 Å². The van der Waals surface area contributed by atoms with Crippen molar-refractivity contribution in [3.8, 4) is 16.9 Å². The van der Waals surface area contributed by atoms with Crippen LogP contribution in [0.3, 0.4) is 0 Å². The molecule has 1 aliphatic heterocycles. The molecule has 0 unspecified atom stereocenters. The standard InChI is InChI=1S/C30H32F4N4O4/c1-3-42-26-16-27(39)36-17-24(26)19-6-7-20(25(31)13-19)14-28(40)37-23-12-21(11-22(15-23)30(32,33)34)29(41)35-8-10-38-9-4-5-18(38)2/h6-7,11-13,15-18H,3-5,8-10,14H2,1-2H3,(H,35,41)(H,36,39)(H,37,40)/t18-/m0/s1. The van der Waals surface area contributed by atoms with E-state index < -0.39 is 35.8 Å². The van der Waals surface area contributed by atoms with Crippen LogP contribution < -0.4 is 20.9 Å². The molecule has 42 heavy (non-hydrogen) atoms. The van der Waals surface area contributed by atoms with Gasteiger partial charge >= 0.3 is 6.18 Å². The number of hydrogen-bond acceptors (Lipinski definition) is 5. The van der Waals surface area contributed by atoms with Crippen molar-refractivity contribution in [1.29, 1.82) is 0 Å². The number of nitrogens with one attached hydrogen (secondary N) is 3. The third kappa shape index (κ3) is 7.75. The third-order valence-corrected chi connectivity index (χ3v) is 7.08. The molecule has 1 fully saturated rings. The van der Waals surface area contributed by atoms with Gasteiger partial charge in [-0.25, -0.2) is 4.39 Å². The van der Waals surface area contributed by atoms with Gasteiger partial charge in [0.1, 0.15) is 11.6 Å². The first-order valence-electron chi connectivity index (χ1n) is 13.6. The monoisotopic (exact) mass is 588 g/mol. The zero-order chi connectivity index (χ0) is 30.4. The van der Waals surface area contributed by atoms with Crippen LogP contribution in [0.5, 0.6) is 5.75 Å². The van der Waals surface area contributed by atoms with Crippen LogP contribution in [0.25, 0.3) is 11.1 Å². The first-order valence-corrected chi connectivity index (χ1v) is 13.6. The van der Waals surface area contributed by atoms with E-state index in [4.69, 9.17) is 4.74 Å². The predicted octanol–water partition coefficient (Wildman–Crippen LogP) is 4.99. The normalized spacial score (nSPS) is 15.4. The molecule has 2 aromatic carbocycles. The Bertz CT molecular complexity index is 1510. The van der Waals surface area contributed by atoms with Crippen LogP contribution in [0.1, 0.15) is 48.2 Å². The van der Waals surface area contributed by atoms with Crippen molar-refractivity contribution in [2.75, 3.05) is 31.6 Å². The highest BCUT2D eigenvalue weighted by atomic mass is 19.4. The number of halogens is 4. The number of aromatic amines is 1. The molecule has 0 saturated carbocycles. The topological polar surface area (TPSA) is 104 Å². The van der Waals surface area contributed by atoms with Crippen LogP contribution in [-0.4, -0.2) is 54.0 Å². The Morgan fingerprint density at radius 1 is 1.14 bits per heavy atom. The Morgan fingerprint density at radius 3 is 2.60 bits per heavy atom. The summed E-state index contributed by atoms with van der Waals surface area (Å²) >= 11 is 0. The fourth-order valence-electron chi connectivity index (χ4n) is 4.92. The molecule has 224 valence electrons. The molecule has 2 amide bonds. The van der Waals surface area contributed by atoms with Gasteiger partial charge in [0.15, 0.2) is 0 Å². The molecule has 3 aromatic rings. The second kappa shape index (κ2) is 13.2. The number of H-pyrrole nitrogens is 1. The van der Waals surface area contributed by atoms with Gasteiger partial charge in [-0.2, -0.15) is 13.2 Å². The fraction of sp³-hybridized carbons (Fsp3) is 0.367. The number of ether oxygens (including phenoxy) is 1. The van der Waals surface area contributed by atoms with Gasteiger partial charge < -0.3 is 20.4 Å². The largest absolute Gasteiger partial charge is 0.493 e. The second-order valence-electron chi connectivity index (χ2n) is 10.1. The average molecular weight is 589 g/mol. The summed E-state index contributed by atoms with van der Waals surface area (Å²) in [5, 5.41) is 5.00. The Morgan fingerprint density at radius 2 is 1.93 bits per heavy atom. The summed E-state index contributed by atoms with van der Waals surface area (Å²) in [6.07, 6.45) is -1.72. The number of pyridine rings is 1. The van der Waals surface area contributed by atoms with Gasteiger partial charge in [0.05, 0.1) is 18.6 Å². The molecule has 1 atom stereocenters. The Kier molecular flexibility index (Phi) is 9.66. The van der Waals surface area contributed by atoms with E-state index in [-0.39, 0.29) is 41.3 Å². The number of likely N-dealkylation sites (tertiary alicyclic amines) is 1. The number of alkyl halides is 3. The van der Waals surface area contributed by atoms with Crippen molar-refractivity contribution >= 4 is 17.5 Å². The van der Waals surface area contributed by atoms with Gasteiger partial charge in [-0.3, -0.25) is 19.3 Å². The maximum absolute atomic E-state index is 15.0. The van der Waals surface area contributed by atoms with E-state index in [1.54, 1.807) is 6.92 Å². The summed E-state index contributed by atoms with van der Waals surface area (Å²) < 4.78 is 61.2. The summed E-state index contributed by atoms with van der Waals surface area (Å²) in [6, 6.07) is 8.33. The minimum absolute atomic E-state index is 0.000261. The summed E-state index contributed by atoms with van der Waals surface area (Å²) in [7, 11) is 0. The molecule has 2 heterocycles. The quantitative estimate of drug-likeness (QED) is 0.290. The first kappa shape index (κ1) is 30.8. The molecular weight excluding hydrogens is 556 g/mol. The second-order valence-corrected chi connectivity index (χ2v) is 10.1. The molecule has 0 bridgehead atoms. The highest BCUT2D eigenvalue weighted by Crippen LogP contribution is 2.33. The molecule has 3 N–H and O–H groups in total. The third-order valence-electron chi connectivity index (χ3n) is 7.08. The lowest BCUT2D eigenvalue weighted by molar-refractivity contribution is -0.137. The smallest absolute Gasteiger partial charge is 0.416 e. The van der Waals surface area contributed by atoms with Crippen molar-refractivity contribution in [2.45, 2.75) is 45.3 Å². The van der Waals surface area contributed by atoms with E-state index in [1.165, 1.54) is 30.5 Å². The number of carbonyl (C=O) groups is 2. The lowest BCUT2D eigenvalue weighted by atomic mass is 10.0. The van der Waals surface area contributed by atoms with Crippen LogP contribution >= 0.6 is 0 Å². The molecule has 12 heteroatoms. The van der Waals surface area contributed by atoms with Gasteiger partial charge in [0, 0.05) is 48.2 Å². The molecule has 0 aliphatic carbocycles. The van der Waals surface area contributed by atoms with Crippen molar-refractivity contribution in [3.05, 3.63) is 81.5 Å². The summed E-state index contributed by atoms with van der Waals surface area (Å²) in [5.41, 5.74) is -1.14. The molecule has 8 nitrogen and oxygen atoms in total. The molecular formula is C30H32F4N4O4. The van der Waals surface area contributed by atoms with Gasteiger partial charge in [-0.05, 0) is 68.6 Å². The van der Waals surface area contributed by atoms with Gasteiger partial charge in [0.25, 0.3) is 11.5 Å². The summed E-state index contributed by atoms with van der Waals surface area (Å²) in [6.45, 7) is 5.86. The summed E-state index contributed by atoms with van der Waals surface area (Å²) in [4.78, 5) is 41.8. The van der Waals surface area contributed by atoms with E-state index >= 15 is 0 Å². The SMILES string of the molecule is CCOc1cc(=O)[nH]cc1-c1ccc(CC(=O)Nc2cc(C(=O)NCCN3CCC[C@@H]3C)cc(C(F)(F)F)c2)c(F)c1. The minimum atomic E-state index is -4.76. The van der Waals surface area contributed by atoms with E-state index in [1.807, 2.05) is 0 Å². The van der Waals surface area contributed by atoms with Crippen molar-refractivity contribution < 1.29 is 31.9 Å². The predicted molar refractivity (Wildman–Crippen MR) is 150 cm³/mol. The number of rotatable bonds is 10. The van der Waals surface area contributed by atoms with Crippen LogP contribution in [0.2, 0.25) is 0 Å². The Balaban J connectivity index is 1.47. The summed E-state index contributed by atoms with van der Waals surface area (Å²) in [5.74, 6) is -1.93. The maximum Gasteiger partial charge on any atom is 0.416 e. The van der Waals surface area contributed by atoms with Crippen molar-refractivity contribution in [3.63, 3.8) is 0 Å². The number of anilines is 1. The fourth-order valence-corrected chi connectivity index (χ4v) is 4.92. The Hall–Kier alpha value is -4.19. The Labute approximate surface area is 240 Å². The maximum atomic E-state index is 15.0. The molecule has 4 rings (SSSR count). The lowest BCUT2D eigenvalue weighted by Gasteiger charge is -2.21. The molecule has 1 aromatic heterocycles. The number of aromatic nitrogens is 1. The van der Waals surface area contributed by atoms with E-state index in [0.717, 1.165) is 37.6 Å². The molecule has 0 radical (unpaired) electrons. The highest BCUT2D eigenvalue weighted by molar-refractivity contribution is 5.98. The van der Waals surface area contributed by atoms with Crippen molar-refractivity contribution in [2.24, 2.45) is 0 Å². The van der Waals surface area contributed by atoms with E-state index in [9.17, 15) is 31.9 Å².